The lowest BCUT2D eigenvalue weighted by atomic mass is 10.1. The Morgan fingerprint density at radius 1 is 1.13 bits per heavy atom. The number of fused-ring (bicyclic) bond motifs is 2. The number of carbonyl (C=O) groups excluding carboxylic acids is 1. The van der Waals surface area contributed by atoms with Crippen LogP contribution in [0.25, 0.3) is 21.3 Å². The summed E-state index contributed by atoms with van der Waals surface area (Å²) in [4.78, 5) is 34.4. The molecule has 5 rings (SSSR count). The highest BCUT2D eigenvalue weighted by Gasteiger charge is 2.14. The van der Waals surface area contributed by atoms with Gasteiger partial charge in [0.1, 0.15) is 23.3 Å². The Labute approximate surface area is 224 Å². The highest BCUT2D eigenvalue weighted by molar-refractivity contribution is 7.22. The minimum absolute atomic E-state index is 0.0476. The minimum atomic E-state index is -0.559. The van der Waals surface area contributed by atoms with Crippen molar-refractivity contribution in [2.75, 3.05) is 11.9 Å². The molecular formula is C26H20N6O4S2. The number of hydrogen-bond acceptors (Lipinski definition) is 10. The van der Waals surface area contributed by atoms with Gasteiger partial charge in [-0.1, -0.05) is 40.9 Å². The Bertz CT molecular complexity index is 1760. The molecule has 3 heterocycles. The Morgan fingerprint density at radius 3 is 2.76 bits per heavy atom. The van der Waals surface area contributed by atoms with Crippen molar-refractivity contribution in [2.45, 2.75) is 20.5 Å². The monoisotopic (exact) mass is 544 g/mol. The van der Waals surface area contributed by atoms with Crippen molar-refractivity contribution < 1.29 is 14.3 Å². The average molecular weight is 545 g/mol. The van der Waals surface area contributed by atoms with Crippen molar-refractivity contribution in [2.24, 2.45) is 0 Å². The number of benzene rings is 2. The van der Waals surface area contributed by atoms with Crippen LogP contribution in [-0.4, -0.2) is 32.1 Å². The molecule has 1 amide bonds. The first-order chi connectivity index (χ1) is 18.4. The molecule has 0 atom stereocenters. The molecule has 0 radical (unpaired) electrons. The van der Waals surface area contributed by atoms with E-state index >= 15 is 0 Å². The van der Waals surface area contributed by atoms with Crippen LogP contribution in [0.1, 0.15) is 23.2 Å². The van der Waals surface area contributed by atoms with Gasteiger partial charge in [0.05, 0.1) is 22.5 Å². The molecule has 0 aliphatic heterocycles. The normalized spacial score (nSPS) is 11.4. The lowest BCUT2D eigenvalue weighted by Crippen LogP contribution is -2.16. The van der Waals surface area contributed by atoms with E-state index in [1.807, 2.05) is 44.2 Å². The summed E-state index contributed by atoms with van der Waals surface area (Å²) in [5.74, 6) is 0.302. The molecule has 0 spiro atoms. The number of nitrogens with zero attached hydrogens (tertiary/aromatic N) is 5. The molecule has 5 aromatic rings. The lowest BCUT2D eigenvalue weighted by Gasteiger charge is -2.12. The molecule has 3 aromatic heterocycles. The Hall–Kier alpha value is -4.60. The zero-order valence-corrected chi connectivity index (χ0v) is 21.9. The van der Waals surface area contributed by atoms with Crippen molar-refractivity contribution in [3.05, 3.63) is 80.7 Å². The van der Waals surface area contributed by atoms with Crippen molar-refractivity contribution in [1.82, 2.24) is 19.6 Å². The predicted molar refractivity (Wildman–Crippen MR) is 146 cm³/mol. The van der Waals surface area contributed by atoms with Gasteiger partial charge in [0.2, 0.25) is 4.96 Å². The Balaban J connectivity index is 1.34. The molecule has 1 N–H and O–H groups in total. The van der Waals surface area contributed by atoms with E-state index in [0.717, 1.165) is 15.2 Å². The first kappa shape index (κ1) is 25.1. The third-order valence-corrected chi connectivity index (χ3v) is 7.01. The van der Waals surface area contributed by atoms with Gasteiger partial charge in [0.25, 0.3) is 11.5 Å². The van der Waals surface area contributed by atoms with Gasteiger partial charge < -0.3 is 9.47 Å². The predicted octanol–water partition coefficient (Wildman–Crippen LogP) is 4.59. The second-order valence-corrected chi connectivity index (χ2v) is 10.1. The van der Waals surface area contributed by atoms with E-state index < -0.39 is 5.91 Å². The summed E-state index contributed by atoms with van der Waals surface area (Å²) in [6, 6.07) is 15.9. The van der Waals surface area contributed by atoms with Crippen molar-refractivity contribution in [1.29, 1.82) is 5.26 Å². The topological polar surface area (TPSA) is 132 Å². The van der Waals surface area contributed by atoms with E-state index in [9.17, 15) is 14.9 Å². The van der Waals surface area contributed by atoms with Crippen LogP contribution in [0, 0.1) is 18.3 Å². The summed E-state index contributed by atoms with van der Waals surface area (Å²) < 4.78 is 13.8. The van der Waals surface area contributed by atoms with Gasteiger partial charge in [-0.3, -0.25) is 14.9 Å². The molecule has 0 fully saturated rings. The summed E-state index contributed by atoms with van der Waals surface area (Å²) in [6.07, 6.45) is 1.47. The number of nitrogens with one attached hydrogen (secondary N) is 1. The number of rotatable bonds is 8. The number of amides is 1. The SMILES string of the molecule is CCOc1cc(C=C(C#N)C(=O)Nc2nc3ccccc3s2)ccc1OCc1cc(=O)n2nc(C)sc2n1. The van der Waals surface area contributed by atoms with E-state index in [2.05, 4.69) is 20.4 Å². The zero-order chi connectivity index (χ0) is 26.6. The summed E-state index contributed by atoms with van der Waals surface area (Å²) >= 11 is 2.65. The van der Waals surface area contributed by atoms with Gasteiger partial charge in [-0.05, 0) is 49.8 Å². The second-order valence-electron chi connectivity index (χ2n) is 7.94. The fourth-order valence-corrected chi connectivity index (χ4v) is 5.21. The maximum absolute atomic E-state index is 12.8. The van der Waals surface area contributed by atoms with Crippen LogP contribution in [0.15, 0.2) is 58.9 Å². The van der Waals surface area contributed by atoms with Crippen LogP contribution in [0.3, 0.4) is 0 Å². The molecule has 190 valence electrons. The number of aromatic nitrogens is 4. The number of carbonyl (C=O) groups is 1. The smallest absolute Gasteiger partial charge is 0.275 e. The first-order valence-corrected chi connectivity index (χ1v) is 13.1. The fraction of sp³-hybridized carbons (Fsp3) is 0.154. The Morgan fingerprint density at radius 2 is 1.97 bits per heavy atom. The van der Waals surface area contributed by atoms with E-state index in [1.54, 1.807) is 18.2 Å². The molecule has 10 nitrogen and oxygen atoms in total. The molecule has 2 aromatic carbocycles. The van der Waals surface area contributed by atoms with Gasteiger partial charge >= 0.3 is 0 Å². The first-order valence-electron chi connectivity index (χ1n) is 11.5. The molecule has 0 aliphatic carbocycles. The van der Waals surface area contributed by atoms with Crippen molar-refractivity contribution >= 4 is 55.0 Å². The van der Waals surface area contributed by atoms with Crippen LogP contribution in [-0.2, 0) is 11.4 Å². The lowest BCUT2D eigenvalue weighted by molar-refractivity contribution is -0.112. The minimum Gasteiger partial charge on any atom is -0.490 e. The Kier molecular flexibility index (Phi) is 7.12. The number of nitriles is 1. The van der Waals surface area contributed by atoms with Crippen LogP contribution in [0.2, 0.25) is 0 Å². The quantitative estimate of drug-likeness (QED) is 0.222. The van der Waals surface area contributed by atoms with Crippen molar-refractivity contribution in [3.63, 3.8) is 0 Å². The van der Waals surface area contributed by atoms with Gasteiger partial charge in [0.15, 0.2) is 16.6 Å². The maximum Gasteiger partial charge on any atom is 0.275 e. The molecule has 0 unspecified atom stereocenters. The highest BCUT2D eigenvalue weighted by Crippen LogP contribution is 2.30. The van der Waals surface area contributed by atoms with Crippen LogP contribution < -0.4 is 20.3 Å². The molecule has 0 bridgehead atoms. The van der Waals surface area contributed by atoms with Crippen molar-refractivity contribution in [3.8, 4) is 17.6 Å². The summed E-state index contributed by atoms with van der Waals surface area (Å²) in [6.45, 7) is 4.06. The van der Waals surface area contributed by atoms with E-state index in [4.69, 9.17) is 9.47 Å². The summed E-state index contributed by atoms with van der Waals surface area (Å²) in [7, 11) is 0. The number of anilines is 1. The number of para-hydroxylation sites is 1. The maximum atomic E-state index is 12.8. The van der Waals surface area contributed by atoms with E-state index in [1.165, 1.54) is 39.3 Å². The largest absolute Gasteiger partial charge is 0.490 e. The third kappa shape index (κ3) is 5.39. The van der Waals surface area contributed by atoms with Gasteiger partial charge in [-0.15, -0.1) is 0 Å². The van der Waals surface area contributed by atoms with Gasteiger partial charge in [-0.25, -0.2) is 9.97 Å². The van der Waals surface area contributed by atoms with Crippen LogP contribution in [0.4, 0.5) is 5.13 Å². The fourth-order valence-electron chi connectivity index (χ4n) is 3.58. The molecule has 0 saturated carbocycles. The number of ether oxygens (including phenoxy) is 2. The standard InChI is InChI=1S/C26H20N6O4S2/c1-3-35-21-11-16(10-17(13-27)24(34)30-25-29-19-6-4-5-7-22(19)38-25)8-9-20(21)36-14-18-12-23(33)32-26(28-18)37-15(2)31-32/h4-12H,3,14H2,1-2H3,(H,29,30,34). The molecule has 0 aliphatic rings. The number of hydrogen-bond donors (Lipinski definition) is 1. The molecule has 12 heteroatoms. The van der Waals surface area contributed by atoms with E-state index in [-0.39, 0.29) is 17.7 Å². The second kappa shape index (κ2) is 10.8. The van der Waals surface area contributed by atoms with Crippen LogP contribution in [0.5, 0.6) is 11.5 Å². The molecular weight excluding hydrogens is 524 g/mol. The number of thiazole rings is 1. The molecule has 0 saturated heterocycles. The molecule has 38 heavy (non-hydrogen) atoms. The van der Waals surface area contributed by atoms with Crippen LogP contribution >= 0.6 is 22.7 Å². The summed E-state index contributed by atoms with van der Waals surface area (Å²) in [5, 5.41) is 17.6. The van der Waals surface area contributed by atoms with Gasteiger partial charge in [-0.2, -0.15) is 14.9 Å². The van der Waals surface area contributed by atoms with Gasteiger partial charge in [0, 0.05) is 6.07 Å². The average Bonchev–Trinajstić information content (AvgIpc) is 3.49. The van der Waals surface area contributed by atoms with E-state index in [0.29, 0.717) is 39.5 Å². The third-order valence-electron chi connectivity index (χ3n) is 5.23. The summed E-state index contributed by atoms with van der Waals surface area (Å²) in [5.41, 5.74) is 1.45. The highest BCUT2D eigenvalue weighted by atomic mass is 32.1. The number of aryl methyl sites for hydroxylation is 1. The zero-order valence-electron chi connectivity index (χ0n) is 20.3.